The van der Waals surface area contributed by atoms with Gasteiger partial charge < -0.3 is 4.42 Å². The third kappa shape index (κ3) is 1.90. The van der Waals surface area contributed by atoms with Crippen molar-refractivity contribution in [3.8, 4) is 11.3 Å². The zero-order chi connectivity index (χ0) is 18.1. The lowest BCUT2D eigenvalue weighted by Crippen LogP contribution is -2.30. The minimum Gasteiger partial charge on any atom is -0.415 e. The second kappa shape index (κ2) is 5.14. The highest BCUT2D eigenvalue weighted by atomic mass is 32.1. The molecule has 6 aromatic rings. The van der Waals surface area contributed by atoms with Gasteiger partial charge in [0.2, 0.25) is 5.58 Å². The van der Waals surface area contributed by atoms with Crippen molar-refractivity contribution < 1.29 is 8.98 Å². The van der Waals surface area contributed by atoms with E-state index in [1.807, 2.05) is 21.8 Å². The third-order valence-electron chi connectivity index (χ3n) is 5.22. The second-order valence-electron chi connectivity index (χ2n) is 6.81. The van der Waals surface area contributed by atoms with E-state index in [2.05, 4.69) is 71.3 Å². The van der Waals surface area contributed by atoms with Crippen LogP contribution in [-0.2, 0) is 7.05 Å². The van der Waals surface area contributed by atoms with E-state index in [1.54, 1.807) is 6.33 Å². The zero-order valence-electron chi connectivity index (χ0n) is 14.8. The number of thiophene rings is 1. The van der Waals surface area contributed by atoms with Crippen LogP contribution >= 0.6 is 11.3 Å². The molecule has 0 amide bonds. The number of oxazole rings is 1. The largest absolute Gasteiger partial charge is 0.415 e. The predicted molar refractivity (Wildman–Crippen MR) is 107 cm³/mol. The molecule has 0 radical (unpaired) electrons. The first-order valence-electron chi connectivity index (χ1n) is 8.74. The number of rotatable bonds is 1. The maximum atomic E-state index is 6.11. The number of nitrogens with zero attached hydrogens (tertiary/aromatic N) is 4. The van der Waals surface area contributed by atoms with Crippen LogP contribution in [-0.4, -0.2) is 14.6 Å². The van der Waals surface area contributed by atoms with Crippen LogP contribution in [0.3, 0.4) is 0 Å². The van der Waals surface area contributed by atoms with Gasteiger partial charge in [0.25, 0.3) is 5.69 Å². The van der Waals surface area contributed by atoms with Crippen molar-refractivity contribution in [1.29, 1.82) is 0 Å². The molecule has 130 valence electrons. The third-order valence-corrected chi connectivity index (χ3v) is 6.42. The van der Waals surface area contributed by atoms with Crippen LogP contribution in [0.25, 0.3) is 48.4 Å². The number of benzene rings is 2. The Labute approximate surface area is 158 Å². The number of fused-ring (bicyclic) bond motifs is 6. The zero-order valence-corrected chi connectivity index (χ0v) is 15.6. The van der Waals surface area contributed by atoms with Crippen molar-refractivity contribution in [3.63, 3.8) is 0 Å². The first kappa shape index (κ1) is 14.9. The van der Waals surface area contributed by atoms with E-state index < -0.39 is 0 Å². The molecular weight excluding hydrogens is 356 g/mol. The monoisotopic (exact) mass is 371 g/mol. The molecule has 0 aliphatic heterocycles. The minimum absolute atomic E-state index is 0.513. The molecule has 0 N–H and O–H groups in total. The Balaban J connectivity index is 1.82. The van der Waals surface area contributed by atoms with E-state index in [9.17, 15) is 0 Å². The summed E-state index contributed by atoms with van der Waals surface area (Å²) in [5.41, 5.74) is 5.31. The summed E-state index contributed by atoms with van der Waals surface area (Å²) in [7, 11) is 2.06. The Morgan fingerprint density at radius 3 is 2.89 bits per heavy atom. The van der Waals surface area contributed by atoms with Gasteiger partial charge >= 0.3 is 5.84 Å². The van der Waals surface area contributed by atoms with Gasteiger partial charge in [-0.3, -0.25) is 0 Å². The Bertz CT molecular complexity index is 1510. The maximum Gasteiger partial charge on any atom is 0.327 e. The topological polar surface area (TPSA) is 47.2 Å². The summed E-state index contributed by atoms with van der Waals surface area (Å²) in [6, 6.07) is 15.0. The van der Waals surface area contributed by atoms with Crippen molar-refractivity contribution >= 4 is 48.5 Å². The van der Waals surface area contributed by atoms with Crippen LogP contribution in [0.1, 0.15) is 5.56 Å². The van der Waals surface area contributed by atoms with Gasteiger partial charge in [-0.05, 0) is 18.6 Å². The minimum atomic E-state index is 0.513. The molecule has 6 rings (SSSR count). The van der Waals surface area contributed by atoms with Crippen molar-refractivity contribution in [2.24, 2.45) is 7.05 Å². The van der Waals surface area contributed by atoms with Gasteiger partial charge in [0.1, 0.15) is 18.9 Å². The summed E-state index contributed by atoms with van der Waals surface area (Å²) in [4.78, 5) is 0. The highest BCUT2D eigenvalue weighted by molar-refractivity contribution is 7.26. The summed E-state index contributed by atoms with van der Waals surface area (Å²) < 4.78 is 12.7. The van der Waals surface area contributed by atoms with Gasteiger partial charge in [0, 0.05) is 26.2 Å². The lowest BCUT2D eigenvalue weighted by molar-refractivity contribution is -0.659. The molecule has 0 aliphatic rings. The molecule has 4 heterocycles. The molecular formula is C21H15N4OS+. The molecule has 0 spiro atoms. The van der Waals surface area contributed by atoms with Crippen LogP contribution in [0.4, 0.5) is 0 Å². The van der Waals surface area contributed by atoms with E-state index >= 15 is 0 Å². The van der Waals surface area contributed by atoms with Gasteiger partial charge in [0.15, 0.2) is 6.20 Å². The molecule has 0 saturated carbocycles. The average molecular weight is 371 g/mol. The molecule has 0 bridgehead atoms. The van der Waals surface area contributed by atoms with Gasteiger partial charge in [-0.15, -0.1) is 16.4 Å². The summed E-state index contributed by atoms with van der Waals surface area (Å²) in [5.74, 6) is 0.513. The quantitative estimate of drug-likeness (QED) is 0.396. The number of aromatic nitrogens is 4. The van der Waals surface area contributed by atoms with Crippen molar-refractivity contribution in [2.75, 3.05) is 0 Å². The maximum absolute atomic E-state index is 6.11. The Kier molecular flexibility index (Phi) is 2.83. The fraction of sp³-hybridized carbons (Fsp3) is 0.0952. The summed E-state index contributed by atoms with van der Waals surface area (Å²) in [6.45, 7) is 2.16. The summed E-state index contributed by atoms with van der Waals surface area (Å²) >= 11 is 1.83. The number of pyridine rings is 1. The number of aryl methyl sites for hydroxylation is 2. The SMILES string of the molecule is Cc1ccc2c(sc3ccccc32)c1-c1c2oc3nncn3c2cc[n+]1C. The van der Waals surface area contributed by atoms with Crippen LogP contribution in [0, 0.1) is 6.92 Å². The molecule has 0 unspecified atom stereocenters. The molecule has 27 heavy (non-hydrogen) atoms. The van der Waals surface area contributed by atoms with Crippen molar-refractivity contribution in [3.05, 3.63) is 60.6 Å². The number of hydrogen-bond acceptors (Lipinski definition) is 4. The van der Waals surface area contributed by atoms with Crippen molar-refractivity contribution in [1.82, 2.24) is 14.6 Å². The molecule has 6 heteroatoms. The molecule has 0 atom stereocenters. The van der Waals surface area contributed by atoms with E-state index in [-0.39, 0.29) is 0 Å². The van der Waals surface area contributed by atoms with E-state index in [4.69, 9.17) is 4.42 Å². The summed E-state index contributed by atoms with van der Waals surface area (Å²) in [6.07, 6.45) is 3.76. The van der Waals surface area contributed by atoms with Gasteiger partial charge in [0.05, 0.1) is 5.56 Å². The average Bonchev–Trinajstić information content (AvgIpc) is 3.35. The molecule has 2 aromatic carbocycles. The molecule has 0 saturated heterocycles. The summed E-state index contributed by atoms with van der Waals surface area (Å²) in [5, 5.41) is 10.6. The second-order valence-corrected chi connectivity index (χ2v) is 7.86. The van der Waals surface area contributed by atoms with Crippen LogP contribution in [0.2, 0.25) is 0 Å². The fourth-order valence-electron chi connectivity index (χ4n) is 3.93. The molecule has 0 aliphatic carbocycles. The molecule has 5 nitrogen and oxygen atoms in total. The smallest absolute Gasteiger partial charge is 0.327 e. The fourth-order valence-corrected chi connectivity index (χ4v) is 5.23. The predicted octanol–water partition coefficient (Wildman–Crippen LogP) is 4.64. The first-order chi connectivity index (χ1) is 13.2. The van der Waals surface area contributed by atoms with Gasteiger partial charge in [-0.1, -0.05) is 35.4 Å². The van der Waals surface area contributed by atoms with Crippen LogP contribution < -0.4 is 4.57 Å². The lowest BCUT2D eigenvalue weighted by atomic mass is 10.0. The van der Waals surface area contributed by atoms with Crippen LogP contribution in [0.15, 0.2) is 59.4 Å². The van der Waals surface area contributed by atoms with E-state index in [1.165, 1.54) is 31.3 Å². The van der Waals surface area contributed by atoms with Crippen LogP contribution in [0.5, 0.6) is 0 Å². The Morgan fingerprint density at radius 2 is 1.96 bits per heavy atom. The van der Waals surface area contributed by atoms with Crippen molar-refractivity contribution in [2.45, 2.75) is 6.92 Å². The highest BCUT2D eigenvalue weighted by Crippen LogP contribution is 2.42. The normalized spacial score (nSPS) is 12.1. The van der Waals surface area contributed by atoms with E-state index in [0.29, 0.717) is 5.84 Å². The van der Waals surface area contributed by atoms with Gasteiger partial charge in [-0.25, -0.2) is 4.40 Å². The molecule has 4 aromatic heterocycles. The molecule has 0 fully saturated rings. The van der Waals surface area contributed by atoms with Gasteiger partial charge in [-0.2, -0.15) is 4.57 Å². The number of hydrogen-bond donors (Lipinski definition) is 0. The Hall–Kier alpha value is -3.25. The lowest BCUT2D eigenvalue weighted by Gasteiger charge is -2.06. The van der Waals surface area contributed by atoms with E-state index in [0.717, 1.165) is 16.8 Å². The standard InChI is InChI=1S/C21H15N4OS/c1-12-7-8-14-13-5-3-4-6-16(13)27-20(14)17(12)18-19-15(9-10-24(18)2)25-11-22-23-21(25)26-19/h3-11H,1-2H3/q+1. The Morgan fingerprint density at radius 1 is 1.07 bits per heavy atom. The highest BCUT2D eigenvalue weighted by Gasteiger charge is 2.26. The first-order valence-corrected chi connectivity index (χ1v) is 9.56.